The molecule has 3 aromatic rings. The molecule has 0 saturated carbocycles. The lowest BCUT2D eigenvalue weighted by atomic mass is 10.1. The summed E-state index contributed by atoms with van der Waals surface area (Å²) in [7, 11) is 0. The van der Waals surface area contributed by atoms with Gasteiger partial charge in [0.25, 0.3) is 11.5 Å². The number of benzene rings is 2. The zero-order chi connectivity index (χ0) is 31.2. The van der Waals surface area contributed by atoms with Crippen molar-refractivity contribution in [2.75, 3.05) is 18.5 Å². The number of ether oxygens (including phenoxy) is 2. The third kappa shape index (κ3) is 10.3. The first kappa shape index (κ1) is 33.4. The molecule has 1 heterocycles. The number of rotatable bonds is 16. The van der Waals surface area contributed by atoms with Crippen molar-refractivity contribution in [2.24, 2.45) is 0 Å². The van der Waals surface area contributed by atoms with Crippen LogP contribution in [0.25, 0.3) is 10.9 Å². The van der Waals surface area contributed by atoms with Crippen LogP contribution in [-0.2, 0) is 6.54 Å². The summed E-state index contributed by atoms with van der Waals surface area (Å²) in [6, 6.07) is 14.7. The number of aromatic nitrogens is 1. The van der Waals surface area contributed by atoms with E-state index in [0.717, 1.165) is 49.5 Å². The second-order valence-corrected chi connectivity index (χ2v) is 11.5. The van der Waals surface area contributed by atoms with E-state index in [0.29, 0.717) is 35.7 Å². The van der Waals surface area contributed by atoms with Crippen LogP contribution in [0.3, 0.4) is 0 Å². The van der Waals surface area contributed by atoms with Gasteiger partial charge in [-0.05, 0) is 96.4 Å². The average molecular weight is 585 g/mol. The minimum Gasteiger partial charge on any atom is -0.485 e. The second-order valence-electron chi connectivity index (χ2n) is 11.5. The predicted octanol–water partition coefficient (Wildman–Crippen LogP) is 9.25. The predicted molar refractivity (Wildman–Crippen MR) is 180 cm³/mol. The van der Waals surface area contributed by atoms with Crippen molar-refractivity contribution in [1.82, 2.24) is 4.57 Å². The van der Waals surface area contributed by atoms with Crippen LogP contribution in [0, 0.1) is 0 Å². The highest BCUT2D eigenvalue weighted by atomic mass is 16.5. The summed E-state index contributed by atoms with van der Waals surface area (Å²) < 4.78 is 14.2. The molecular weight excluding hydrogens is 536 g/mol. The van der Waals surface area contributed by atoms with Gasteiger partial charge in [-0.1, -0.05) is 67.2 Å². The van der Waals surface area contributed by atoms with Crippen molar-refractivity contribution in [2.45, 2.75) is 86.6 Å². The zero-order valence-corrected chi connectivity index (χ0v) is 26.8. The number of pyridine rings is 1. The highest BCUT2D eigenvalue weighted by molar-refractivity contribution is 6.05. The second kappa shape index (κ2) is 17.2. The van der Waals surface area contributed by atoms with E-state index in [1.54, 1.807) is 16.7 Å². The lowest BCUT2D eigenvalue weighted by Crippen LogP contribution is -2.24. The quantitative estimate of drug-likeness (QED) is 0.135. The topological polar surface area (TPSA) is 69.6 Å². The van der Waals surface area contributed by atoms with Gasteiger partial charge in [-0.2, -0.15) is 0 Å². The van der Waals surface area contributed by atoms with Crippen LogP contribution < -0.4 is 20.3 Å². The van der Waals surface area contributed by atoms with Crippen LogP contribution in [0.2, 0.25) is 0 Å². The van der Waals surface area contributed by atoms with Crippen LogP contribution in [0.15, 0.2) is 88.3 Å². The highest BCUT2D eigenvalue weighted by Gasteiger charge is 2.20. The number of nitrogens with one attached hydrogen (secondary N) is 1. The summed E-state index contributed by atoms with van der Waals surface area (Å²) in [5.41, 5.74) is 5.31. The highest BCUT2D eigenvalue weighted by Crippen LogP contribution is 2.35. The molecule has 3 rings (SSSR count). The summed E-state index contributed by atoms with van der Waals surface area (Å²) in [6.07, 6.45) is 12.3. The Hall–Kier alpha value is -4.06. The third-order valence-corrected chi connectivity index (χ3v) is 7.18. The molecule has 0 fully saturated rings. The Morgan fingerprint density at radius 1 is 0.837 bits per heavy atom. The lowest BCUT2D eigenvalue weighted by Gasteiger charge is -2.19. The molecule has 0 spiro atoms. The number of allylic oxidation sites excluding steroid dienone is 4. The number of amides is 1. The van der Waals surface area contributed by atoms with Crippen LogP contribution in [-0.4, -0.2) is 23.7 Å². The molecule has 0 aliphatic rings. The van der Waals surface area contributed by atoms with Crippen LogP contribution >= 0.6 is 0 Å². The Morgan fingerprint density at radius 3 is 2.23 bits per heavy atom. The normalized spacial score (nSPS) is 11.3. The van der Waals surface area contributed by atoms with Gasteiger partial charge in [0.15, 0.2) is 5.75 Å². The Kier molecular flexibility index (Phi) is 13.3. The van der Waals surface area contributed by atoms with Gasteiger partial charge >= 0.3 is 0 Å². The Labute approximate surface area is 257 Å². The molecule has 1 N–H and O–H groups in total. The lowest BCUT2D eigenvalue weighted by molar-refractivity contribution is 0.102. The van der Waals surface area contributed by atoms with Gasteiger partial charge < -0.3 is 19.4 Å². The van der Waals surface area contributed by atoms with Crippen molar-refractivity contribution < 1.29 is 14.3 Å². The fraction of sp³-hybridized carbons (Fsp3) is 0.405. The fourth-order valence-electron chi connectivity index (χ4n) is 4.71. The average Bonchev–Trinajstić information content (AvgIpc) is 2.97. The van der Waals surface area contributed by atoms with Crippen molar-refractivity contribution in [3.05, 3.63) is 99.4 Å². The Balaban J connectivity index is 2.05. The molecule has 0 radical (unpaired) electrons. The number of anilines is 1. The summed E-state index contributed by atoms with van der Waals surface area (Å²) in [5, 5.41) is 3.76. The van der Waals surface area contributed by atoms with E-state index in [4.69, 9.17) is 9.47 Å². The van der Waals surface area contributed by atoms with Gasteiger partial charge in [0.2, 0.25) is 5.75 Å². The van der Waals surface area contributed by atoms with Crippen molar-refractivity contribution in [1.29, 1.82) is 0 Å². The first-order valence-corrected chi connectivity index (χ1v) is 15.5. The molecule has 0 unspecified atom stereocenters. The molecule has 0 saturated heterocycles. The van der Waals surface area contributed by atoms with Gasteiger partial charge in [0, 0.05) is 23.2 Å². The number of unbranched alkanes of at least 4 members (excludes halogenated alkanes) is 3. The van der Waals surface area contributed by atoms with E-state index in [1.165, 1.54) is 11.1 Å². The zero-order valence-electron chi connectivity index (χ0n) is 26.8. The Morgan fingerprint density at radius 2 is 1.53 bits per heavy atom. The molecule has 0 atom stereocenters. The molecule has 0 aliphatic heterocycles. The van der Waals surface area contributed by atoms with Crippen LogP contribution in [0.4, 0.5) is 5.69 Å². The maximum absolute atomic E-state index is 14.1. The maximum Gasteiger partial charge on any atom is 0.297 e. The third-order valence-electron chi connectivity index (χ3n) is 7.18. The van der Waals surface area contributed by atoms with E-state index in [2.05, 4.69) is 39.1 Å². The number of carbonyl (C=O) groups excluding carboxylic acids is 1. The molecule has 1 aromatic heterocycles. The molecule has 6 heteroatoms. The summed E-state index contributed by atoms with van der Waals surface area (Å²) in [4.78, 5) is 27.0. The SMILES string of the molecule is CCCCCCn1c(=O)c(OCC=C(C)CCC=C(C)C)c(OCC=C(C)C)c2ccc(NC(=O)c3ccccc3)cc21. The number of nitrogens with zero attached hydrogens (tertiary/aromatic N) is 1. The van der Waals surface area contributed by atoms with E-state index in [-0.39, 0.29) is 23.8 Å². The van der Waals surface area contributed by atoms with Gasteiger partial charge in [-0.3, -0.25) is 9.59 Å². The number of fused-ring (bicyclic) bond motifs is 1. The summed E-state index contributed by atoms with van der Waals surface area (Å²) >= 11 is 0. The van der Waals surface area contributed by atoms with Crippen molar-refractivity contribution in [3.63, 3.8) is 0 Å². The summed E-state index contributed by atoms with van der Waals surface area (Å²) in [6.45, 7) is 13.6. The van der Waals surface area contributed by atoms with Gasteiger partial charge in [-0.25, -0.2) is 0 Å². The first-order valence-electron chi connectivity index (χ1n) is 15.5. The molecule has 230 valence electrons. The van der Waals surface area contributed by atoms with Gasteiger partial charge in [0.05, 0.1) is 5.52 Å². The number of aryl methyl sites for hydroxylation is 1. The molecule has 0 aliphatic carbocycles. The van der Waals surface area contributed by atoms with E-state index in [1.807, 2.05) is 62.4 Å². The standard InChI is InChI=1S/C37H48N2O4/c1-7-8-9-13-23-39-33-26-31(38-36(40)30-17-11-10-12-18-30)19-20-32(33)34(42-24-21-28(4)5)35(37(39)41)43-25-22-29(6)16-14-15-27(2)3/h10-12,15,17-22,26H,7-9,13-14,16,23-25H2,1-6H3,(H,38,40). The molecule has 2 aromatic carbocycles. The fourth-order valence-corrected chi connectivity index (χ4v) is 4.71. The van der Waals surface area contributed by atoms with Gasteiger partial charge in [-0.15, -0.1) is 0 Å². The smallest absolute Gasteiger partial charge is 0.297 e. The monoisotopic (exact) mass is 584 g/mol. The number of hydrogen-bond donors (Lipinski definition) is 1. The van der Waals surface area contributed by atoms with E-state index < -0.39 is 0 Å². The molecule has 1 amide bonds. The minimum absolute atomic E-state index is 0.205. The first-order chi connectivity index (χ1) is 20.7. The largest absolute Gasteiger partial charge is 0.485 e. The number of carbonyl (C=O) groups is 1. The van der Waals surface area contributed by atoms with E-state index in [9.17, 15) is 9.59 Å². The van der Waals surface area contributed by atoms with Gasteiger partial charge in [0.1, 0.15) is 13.2 Å². The summed E-state index contributed by atoms with van der Waals surface area (Å²) in [5.74, 6) is 0.446. The van der Waals surface area contributed by atoms with Crippen molar-refractivity contribution >= 4 is 22.5 Å². The van der Waals surface area contributed by atoms with E-state index >= 15 is 0 Å². The number of hydrogen-bond acceptors (Lipinski definition) is 4. The van der Waals surface area contributed by atoms with Crippen LogP contribution in [0.5, 0.6) is 11.5 Å². The Bertz CT molecular complexity index is 1510. The maximum atomic E-state index is 14.1. The van der Waals surface area contributed by atoms with Crippen LogP contribution in [0.1, 0.15) is 90.4 Å². The van der Waals surface area contributed by atoms with Crippen molar-refractivity contribution in [3.8, 4) is 11.5 Å². The molecule has 6 nitrogen and oxygen atoms in total. The molecule has 43 heavy (non-hydrogen) atoms. The minimum atomic E-state index is -0.224. The molecule has 0 bridgehead atoms. The molecular formula is C37H48N2O4.